The fourth-order valence-electron chi connectivity index (χ4n) is 1.74. The molecule has 0 aromatic heterocycles. The number of halogens is 4. The maximum absolute atomic E-state index is 13.1. The van der Waals surface area contributed by atoms with Gasteiger partial charge in [0.1, 0.15) is 0 Å². The summed E-state index contributed by atoms with van der Waals surface area (Å²) in [6, 6.07) is 0.309. The zero-order valence-electron chi connectivity index (χ0n) is 11.6. The summed E-state index contributed by atoms with van der Waals surface area (Å²) >= 11 is 0. The molecule has 1 unspecified atom stereocenters. The Morgan fingerprint density at radius 1 is 1.19 bits per heavy atom. The molecule has 1 aromatic carbocycles. The summed E-state index contributed by atoms with van der Waals surface area (Å²) in [7, 11) is -4.16. The van der Waals surface area contributed by atoms with Crippen molar-refractivity contribution in [3.63, 3.8) is 0 Å². The average molecular weight is 347 g/mol. The molecule has 0 amide bonds. The fourth-order valence-corrected chi connectivity index (χ4v) is 3.02. The van der Waals surface area contributed by atoms with Crippen LogP contribution in [-0.2, 0) is 10.0 Å². The number of rotatable bonds is 6. The quantitative estimate of drug-likeness (QED) is 0.775. The van der Waals surface area contributed by atoms with E-state index in [1.165, 1.54) is 0 Å². The third-order valence-electron chi connectivity index (χ3n) is 2.63. The minimum absolute atomic E-state index is 0. The third kappa shape index (κ3) is 5.46. The van der Waals surface area contributed by atoms with Crippen molar-refractivity contribution in [2.24, 2.45) is 11.7 Å². The lowest BCUT2D eigenvalue weighted by molar-refractivity contribution is 0.440. The molecule has 1 aromatic rings. The van der Waals surface area contributed by atoms with Crippen LogP contribution < -0.4 is 10.5 Å². The molecule has 0 spiro atoms. The number of nitrogens with one attached hydrogen (secondary N) is 1. The van der Waals surface area contributed by atoms with E-state index in [0.29, 0.717) is 18.6 Å². The molecule has 1 atom stereocenters. The monoisotopic (exact) mass is 346 g/mol. The minimum atomic E-state index is -4.16. The summed E-state index contributed by atoms with van der Waals surface area (Å²) < 4.78 is 65.2. The first-order valence-electron chi connectivity index (χ1n) is 6.04. The van der Waals surface area contributed by atoms with Gasteiger partial charge >= 0.3 is 0 Å². The van der Waals surface area contributed by atoms with Crippen LogP contribution in [0.5, 0.6) is 0 Å². The van der Waals surface area contributed by atoms with Crippen molar-refractivity contribution < 1.29 is 21.6 Å². The Bertz CT molecular complexity index is 559. The number of benzene rings is 1. The molecule has 4 nitrogen and oxygen atoms in total. The van der Waals surface area contributed by atoms with Crippen molar-refractivity contribution >= 4 is 22.4 Å². The lowest BCUT2D eigenvalue weighted by Gasteiger charge is -2.18. The summed E-state index contributed by atoms with van der Waals surface area (Å²) in [5.74, 6) is -4.63. The summed E-state index contributed by atoms with van der Waals surface area (Å²) in [5.41, 5.74) is 5.46. The second-order valence-corrected chi connectivity index (χ2v) is 6.60. The molecule has 0 heterocycles. The van der Waals surface area contributed by atoms with Crippen LogP contribution in [0, 0.1) is 23.4 Å². The highest BCUT2D eigenvalue weighted by Gasteiger charge is 2.23. The molecule has 0 aliphatic carbocycles. The number of nitrogens with two attached hydrogens (primary N) is 1. The summed E-state index contributed by atoms with van der Waals surface area (Å²) in [4.78, 5) is -0.670. The Labute approximate surface area is 128 Å². The number of hydrogen-bond acceptors (Lipinski definition) is 3. The largest absolute Gasteiger partial charge is 0.329 e. The van der Waals surface area contributed by atoms with Gasteiger partial charge in [-0.15, -0.1) is 12.4 Å². The van der Waals surface area contributed by atoms with Crippen molar-refractivity contribution in [2.75, 3.05) is 6.54 Å². The van der Waals surface area contributed by atoms with Gasteiger partial charge < -0.3 is 5.73 Å². The standard InChI is InChI=1S/C12H17F3N2O2S.ClH/c1-7(2)3-8(6-16)17-20(18,19)9-4-10(13)12(15)11(14)5-9;/h4-5,7-8,17H,3,6,16H2,1-2H3;1H. The van der Waals surface area contributed by atoms with Crippen LogP contribution in [0.25, 0.3) is 0 Å². The van der Waals surface area contributed by atoms with E-state index in [1.807, 2.05) is 13.8 Å². The molecule has 1 rings (SSSR count). The predicted octanol–water partition coefficient (Wildman–Crippen LogP) is 2.18. The maximum Gasteiger partial charge on any atom is 0.241 e. The van der Waals surface area contributed by atoms with Gasteiger partial charge in [-0.05, 0) is 24.5 Å². The van der Waals surface area contributed by atoms with Gasteiger partial charge in [-0.1, -0.05) is 13.8 Å². The SMILES string of the molecule is CC(C)CC(CN)NS(=O)(=O)c1cc(F)c(F)c(F)c1.Cl. The molecule has 122 valence electrons. The van der Waals surface area contributed by atoms with Gasteiger partial charge in [-0.25, -0.2) is 26.3 Å². The first-order chi connectivity index (χ1) is 9.17. The zero-order chi connectivity index (χ0) is 15.5. The van der Waals surface area contributed by atoms with E-state index in [0.717, 1.165) is 0 Å². The van der Waals surface area contributed by atoms with Crippen molar-refractivity contribution in [2.45, 2.75) is 31.2 Å². The molecule has 0 aliphatic rings. The van der Waals surface area contributed by atoms with Gasteiger partial charge in [0.05, 0.1) is 4.90 Å². The Kier molecular flexibility index (Phi) is 7.66. The molecule has 0 aliphatic heterocycles. The van der Waals surface area contributed by atoms with Gasteiger partial charge in [0.15, 0.2) is 17.5 Å². The van der Waals surface area contributed by atoms with E-state index >= 15 is 0 Å². The zero-order valence-corrected chi connectivity index (χ0v) is 13.2. The summed E-state index contributed by atoms with van der Waals surface area (Å²) in [6.07, 6.45) is 0.474. The van der Waals surface area contributed by atoms with E-state index in [-0.39, 0.29) is 24.9 Å². The third-order valence-corrected chi connectivity index (χ3v) is 4.13. The Balaban J connectivity index is 0.00000400. The molecule has 0 saturated heterocycles. The van der Waals surface area contributed by atoms with Crippen LogP contribution in [0.1, 0.15) is 20.3 Å². The molecular formula is C12H18ClF3N2O2S. The van der Waals surface area contributed by atoms with Crippen LogP contribution in [0.2, 0.25) is 0 Å². The Hall–Kier alpha value is -0.830. The van der Waals surface area contributed by atoms with E-state index < -0.39 is 38.4 Å². The van der Waals surface area contributed by atoms with Crippen LogP contribution in [0.15, 0.2) is 17.0 Å². The fraction of sp³-hybridized carbons (Fsp3) is 0.500. The molecule has 3 N–H and O–H groups in total. The van der Waals surface area contributed by atoms with E-state index in [4.69, 9.17) is 5.73 Å². The molecule has 0 radical (unpaired) electrons. The summed E-state index contributed by atoms with van der Waals surface area (Å²) in [6.45, 7) is 3.81. The van der Waals surface area contributed by atoms with Gasteiger partial charge in [0.25, 0.3) is 0 Å². The second kappa shape index (κ2) is 7.98. The number of sulfonamides is 1. The average Bonchev–Trinajstić information content (AvgIpc) is 2.33. The summed E-state index contributed by atoms with van der Waals surface area (Å²) in [5, 5.41) is 0. The maximum atomic E-state index is 13.1. The molecule has 0 bridgehead atoms. The topological polar surface area (TPSA) is 72.2 Å². The van der Waals surface area contributed by atoms with E-state index in [1.54, 1.807) is 0 Å². The highest BCUT2D eigenvalue weighted by molar-refractivity contribution is 7.89. The first-order valence-corrected chi connectivity index (χ1v) is 7.52. The van der Waals surface area contributed by atoms with Gasteiger partial charge in [0.2, 0.25) is 10.0 Å². The van der Waals surface area contributed by atoms with Crippen molar-refractivity contribution in [3.05, 3.63) is 29.6 Å². The highest BCUT2D eigenvalue weighted by atomic mass is 35.5. The van der Waals surface area contributed by atoms with Gasteiger partial charge in [0, 0.05) is 12.6 Å². The molecule has 0 saturated carbocycles. The first kappa shape index (κ1) is 20.2. The normalized spacial score (nSPS) is 13.1. The second-order valence-electron chi connectivity index (χ2n) is 4.88. The smallest absolute Gasteiger partial charge is 0.241 e. The lowest BCUT2D eigenvalue weighted by Crippen LogP contribution is -2.41. The van der Waals surface area contributed by atoms with Gasteiger partial charge in [-0.3, -0.25) is 0 Å². The Morgan fingerprint density at radius 2 is 1.67 bits per heavy atom. The van der Waals surface area contributed by atoms with Gasteiger partial charge in [-0.2, -0.15) is 0 Å². The Morgan fingerprint density at radius 3 is 2.05 bits per heavy atom. The molecule has 0 fully saturated rings. The van der Waals surface area contributed by atoms with Crippen molar-refractivity contribution in [3.8, 4) is 0 Å². The van der Waals surface area contributed by atoms with Crippen molar-refractivity contribution in [1.29, 1.82) is 0 Å². The van der Waals surface area contributed by atoms with E-state index in [2.05, 4.69) is 4.72 Å². The van der Waals surface area contributed by atoms with Crippen LogP contribution in [0.3, 0.4) is 0 Å². The lowest BCUT2D eigenvalue weighted by atomic mass is 10.1. The molecule has 21 heavy (non-hydrogen) atoms. The highest BCUT2D eigenvalue weighted by Crippen LogP contribution is 2.18. The molecule has 9 heteroatoms. The minimum Gasteiger partial charge on any atom is -0.329 e. The predicted molar refractivity (Wildman–Crippen MR) is 76.2 cm³/mol. The number of hydrogen-bond donors (Lipinski definition) is 2. The molecular weight excluding hydrogens is 329 g/mol. The van der Waals surface area contributed by atoms with Crippen LogP contribution in [0.4, 0.5) is 13.2 Å². The van der Waals surface area contributed by atoms with Crippen LogP contribution in [-0.4, -0.2) is 21.0 Å². The van der Waals surface area contributed by atoms with Crippen LogP contribution >= 0.6 is 12.4 Å². The van der Waals surface area contributed by atoms with Crippen molar-refractivity contribution in [1.82, 2.24) is 4.72 Å². The van der Waals surface area contributed by atoms with E-state index in [9.17, 15) is 21.6 Å².